The van der Waals surface area contributed by atoms with Crippen LogP contribution >= 0.6 is 0 Å². The van der Waals surface area contributed by atoms with E-state index in [1.807, 2.05) is 61.5 Å². The minimum absolute atomic E-state index is 0.0414. The van der Waals surface area contributed by atoms with Crippen molar-refractivity contribution in [2.24, 2.45) is 11.8 Å². The van der Waals surface area contributed by atoms with Crippen LogP contribution in [-0.2, 0) is 48.4 Å². The minimum atomic E-state index is -0.540. The van der Waals surface area contributed by atoms with Crippen LogP contribution in [0.4, 0.5) is 5.69 Å². The fourth-order valence-electron chi connectivity index (χ4n) is 9.95. The number of aliphatic hydroxyl groups excluding tert-OH is 3. The Hall–Kier alpha value is -6.47. The predicted octanol–water partition coefficient (Wildman–Crippen LogP) is 11.0. The van der Waals surface area contributed by atoms with Gasteiger partial charge in [0.1, 0.15) is 36.1 Å². The van der Waals surface area contributed by atoms with E-state index < -0.39 is 12.2 Å². The molecule has 9 nitrogen and oxygen atoms in total. The summed E-state index contributed by atoms with van der Waals surface area (Å²) in [6, 6.07) is 28.0. The molecule has 6 bridgehead atoms. The van der Waals surface area contributed by atoms with E-state index in [1.54, 1.807) is 13.2 Å². The monoisotopic (exact) mass is 901 g/mol. The Morgan fingerprint density at radius 3 is 2.55 bits per heavy atom. The van der Waals surface area contributed by atoms with E-state index in [-0.39, 0.29) is 67.1 Å². The summed E-state index contributed by atoms with van der Waals surface area (Å²) in [7, 11) is 1.60. The van der Waals surface area contributed by atoms with E-state index in [4.69, 9.17) is 14.2 Å². The van der Waals surface area contributed by atoms with Gasteiger partial charge in [0.05, 0.1) is 25.9 Å². The number of unbranched alkanes of at least 4 members (excludes halogenated alkanes) is 1. The number of aryl methyl sites for hydroxylation is 2. The zero-order valence-corrected chi connectivity index (χ0v) is 38.8. The van der Waals surface area contributed by atoms with Crippen molar-refractivity contribution in [2.75, 3.05) is 12.4 Å². The molecule has 5 N–H and O–H groups in total. The number of carbonyl (C=O) groups excluding carboxylic acids is 1. The molecule has 2 aliphatic carbocycles. The zero-order chi connectivity index (χ0) is 46.9. The highest BCUT2D eigenvalue weighted by atomic mass is 16.5. The van der Waals surface area contributed by atoms with Gasteiger partial charge < -0.3 is 40.0 Å². The molecule has 9 rings (SSSR count). The SMILES string of the molecule is COc1ccc2cc1OCc1c(CO)cc3c(c(O)cc4c3c1C=CC4C)CC#COC(CC1C=C(O)C=CC1CCCCc1cccc(NC(Cc3ccccc3)C(C)O)c1)CC(=O)CC2. The molecular formula is C58H63NO8. The Bertz CT molecular complexity index is 2710. The number of carbonyl (C=O) groups is 1. The Balaban J connectivity index is 0.991. The summed E-state index contributed by atoms with van der Waals surface area (Å²) in [6.07, 6.45) is 17.9. The van der Waals surface area contributed by atoms with Gasteiger partial charge in [-0.25, -0.2) is 0 Å². The third-order valence-corrected chi connectivity index (χ3v) is 13.7. The fourth-order valence-corrected chi connectivity index (χ4v) is 9.95. The Labute approximate surface area is 394 Å². The number of allylic oxidation sites excluding steroid dienone is 4. The Morgan fingerprint density at radius 2 is 1.75 bits per heavy atom. The molecule has 9 heteroatoms. The number of benzene rings is 5. The normalized spacial score (nSPS) is 20.1. The average molecular weight is 902 g/mol. The second-order valence-corrected chi connectivity index (χ2v) is 18.5. The molecule has 2 aliphatic heterocycles. The Morgan fingerprint density at radius 1 is 0.910 bits per heavy atom. The molecule has 5 aromatic carbocycles. The van der Waals surface area contributed by atoms with Crippen LogP contribution in [0.2, 0.25) is 0 Å². The van der Waals surface area contributed by atoms with Gasteiger partial charge >= 0.3 is 0 Å². The van der Waals surface area contributed by atoms with Crippen LogP contribution in [0, 0.1) is 23.9 Å². The van der Waals surface area contributed by atoms with E-state index >= 15 is 0 Å². The van der Waals surface area contributed by atoms with Gasteiger partial charge in [-0.15, -0.1) is 0 Å². The second-order valence-electron chi connectivity index (χ2n) is 18.5. The number of ketones is 1. The van der Waals surface area contributed by atoms with Crippen molar-refractivity contribution in [1.82, 2.24) is 0 Å². The molecule has 0 saturated heterocycles. The van der Waals surface area contributed by atoms with Crippen molar-refractivity contribution >= 4 is 28.3 Å². The topological polar surface area (TPSA) is 138 Å². The number of fused-ring (bicyclic) bond motifs is 9. The number of phenolic OH excluding ortho intramolecular Hbond substituents is 1. The lowest BCUT2D eigenvalue weighted by atomic mass is 9.80. The van der Waals surface area contributed by atoms with Gasteiger partial charge in [-0.05, 0) is 150 Å². The molecule has 4 aliphatic rings. The van der Waals surface area contributed by atoms with Crippen LogP contribution in [0.15, 0.2) is 115 Å². The maximum atomic E-state index is 13.8. The number of aliphatic hydroxyl groups is 3. The molecule has 2 heterocycles. The molecule has 0 aromatic heterocycles. The quantitative estimate of drug-likeness (QED) is 0.0545. The first kappa shape index (κ1) is 47.0. The summed E-state index contributed by atoms with van der Waals surface area (Å²) in [6.45, 7) is 3.88. The summed E-state index contributed by atoms with van der Waals surface area (Å²) in [4.78, 5) is 13.8. The van der Waals surface area contributed by atoms with E-state index in [0.29, 0.717) is 41.9 Å². The van der Waals surface area contributed by atoms with Gasteiger partial charge in [-0.2, -0.15) is 0 Å². The number of phenols is 1. The first-order chi connectivity index (χ1) is 32.6. The number of anilines is 1. The highest BCUT2D eigenvalue weighted by Crippen LogP contribution is 2.43. The number of ether oxygens (including phenoxy) is 3. The maximum Gasteiger partial charge on any atom is 0.161 e. The highest BCUT2D eigenvalue weighted by molar-refractivity contribution is 6.00. The van der Waals surface area contributed by atoms with Gasteiger partial charge in [0, 0.05) is 42.0 Å². The van der Waals surface area contributed by atoms with E-state index in [2.05, 4.69) is 78.9 Å². The van der Waals surface area contributed by atoms with Crippen molar-refractivity contribution in [3.05, 3.63) is 159 Å². The average Bonchev–Trinajstić information content (AvgIpc) is 3.32. The van der Waals surface area contributed by atoms with Crippen LogP contribution in [0.1, 0.15) is 103 Å². The summed E-state index contributed by atoms with van der Waals surface area (Å²) in [5.41, 5.74) is 8.43. The molecule has 0 radical (unpaired) electrons. The highest BCUT2D eigenvalue weighted by Gasteiger charge is 2.28. The summed E-state index contributed by atoms with van der Waals surface area (Å²) >= 11 is 0. The molecule has 0 amide bonds. The summed E-state index contributed by atoms with van der Waals surface area (Å²) in [5.74, 6) is 4.76. The lowest BCUT2D eigenvalue weighted by molar-refractivity contribution is -0.121. The van der Waals surface area contributed by atoms with Crippen molar-refractivity contribution in [2.45, 2.75) is 115 Å². The van der Waals surface area contributed by atoms with Crippen molar-refractivity contribution in [3.8, 4) is 29.3 Å². The summed E-state index contributed by atoms with van der Waals surface area (Å²) in [5, 5.41) is 48.8. The molecule has 0 spiro atoms. The van der Waals surface area contributed by atoms with Gasteiger partial charge in [0.25, 0.3) is 0 Å². The van der Waals surface area contributed by atoms with Crippen molar-refractivity contribution in [1.29, 1.82) is 0 Å². The van der Waals surface area contributed by atoms with Crippen molar-refractivity contribution < 1.29 is 39.4 Å². The number of hydrogen-bond acceptors (Lipinski definition) is 9. The van der Waals surface area contributed by atoms with Gasteiger partial charge in [0.15, 0.2) is 11.5 Å². The number of rotatable bonds is 14. The van der Waals surface area contributed by atoms with Crippen LogP contribution in [0.25, 0.3) is 16.8 Å². The molecule has 67 heavy (non-hydrogen) atoms. The van der Waals surface area contributed by atoms with E-state index in [1.165, 1.54) is 11.1 Å². The first-order valence-electron chi connectivity index (χ1n) is 23.8. The summed E-state index contributed by atoms with van der Waals surface area (Å²) < 4.78 is 18.5. The van der Waals surface area contributed by atoms with E-state index in [9.17, 15) is 25.2 Å². The third-order valence-electron chi connectivity index (χ3n) is 13.7. The third kappa shape index (κ3) is 11.6. The molecular weight excluding hydrogens is 839 g/mol. The molecule has 5 aromatic rings. The lowest BCUT2D eigenvalue weighted by Crippen LogP contribution is -2.33. The Kier molecular flexibility index (Phi) is 15.4. The van der Waals surface area contributed by atoms with Gasteiger partial charge in [0.2, 0.25) is 0 Å². The second kappa shape index (κ2) is 21.9. The molecule has 6 atom stereocenters. The zero-order valence-electron chi connectivity index (χ0n) is 38.8. The maximum absolute atomic E-state index is 13.8. The van der Waals surface area contributed by atoms with Crippen LogP contribution in [0.5, 0.6) is 17.2 Å². The predicted molar refractivity (Wildman–Crippen MR) is 265 cm³/mol. The smallest absolute Gasteiger partial charge is 0.161 e. The molecule has 6 unspecified atom stereocenters. The number of nitrogens with one attached hydrogen (secondary N) is 1. The largest absolute Gasteiger partial charge is 0.508 e. The van der Waals surface area contributed by atoms with Crippen LogP contribution < -0.4 is 14.8 Å². The molecule has 0 saturated carbocycles. The van der Waals surface area contributed by atoms with Gasteiger partial charge in [-0.1, -0.05) is 86.0 Å². The molecule has 348 valence electrons. The first-order valence-corrected chi connectivity index (χ1v) is 23.8. The minimum Gasteiger partial charge on any atom is -0.508 e. The van der Waals surface area contributed by atoms with Crippen molar-refractivity contribution in [3.63, 3.8) is 0 Å². The van der Waals surface area contributed by atoms with Gasteiger partial charge in [-0.3, -0.25) is 4.79 Å². The number of aromatic hydroxyl groups is 1. The van der Waals surface area contributed by atoms with Crippen LogP contribution in [0.3, 0.4) is 0 Å². The van der Waals surface area contributed by atoms with E-state index in [0.717, 1.165) is 70.8 Å². The lowest BCUT2D eigenvalue weighted by Gasteiger charge is -2.28. The number of Topliss-reactive ketones (excluding diaryl/α,β-unsaturated/α-hetero) is 1. The van der Waals surface area contributed by atoms with Crippen LogP contribution in [-0.4, -0.2) is 51.6 Å². The number of hydrogen-bond donors (Lipinski definition) is 5. The fraction of sp³-hybridized carbons (Fsp3) is 0.362. The number of methoxy groups -OCH3 is 1. The molecule has 0 fully saturated rings. The standard InChI is InChI=1S/C58H63NO8/c1-37-18-24-50-53-36-67-57-29-41(20-25-56(57)65-3)19-22-47(63)33-48(66-26-10-17-49-52(32-44(53)35-60)58(50)51(37)34-55(49)64)31-43-30-46(62)23-21-42(43)15-8-7-13-39-14-9-16-45(27-39)59-54(38(2)61)28-40-11-5-4-6-12-40/h4-6,9,11-12,14,16,18,20-21,23-25,27,29-30,32,34,37-38,42-43,48,54,59-62,64H,7-8,13,15,17,19,22,28,31,33,35-36H2,1-3H3.